The Bertz CT molecular complexity index is 1100. The van der Waals surface area contributed by atoms with Crippen molar-refractivity contribution in [1.82, 2.24) is 30.4 Å². The molecule has 2 fully saturated rings. The normalized spacial score (nSPS) is 22.7. The van der Waals surface area contributed by atoms with Crippen LogP contribution in [-0.4, -0.2) is 62.7 Å². The third kappa shape index (κ3) is 4.12. The first-order valence-electron chi connectivity index (χ1n) is 11.4. The minimum atomic E-state index is 0.211. The highest BCUT2D eigenvalue weighted by Crippen LogP contribution is 2.35. The number of benzene rings is 1. The minimum absolute atomic E-state index is 0.211. The number of aromatic amines is 1. The standard InChI is InChI=1S/C23H30N8O/c1-14-10-20(30-29-14)27-22-18-8-3-4-9-19(18)26-23(28-22)25-15-11-16-6-5-7-17(12-15)31(16)21(32)13-24-2/h3-4,8-10,15-17,24H,5-7,11-13H2,1-2H3,(H3,25,26,27,28,29,30)/t15-,16-,17+. The first kappa shape index (κ1) is 20.7. The van der Waals surface area contributed by atoms with Gasteiger partial charge in [-0.3, -0.25) is 9.89 Å². The van der Waals surface area contributed by atoms with Crippen molar-refractivity contribution in [2.75, 3.05) is 24.2 Å². The van der Waals surface area contributed by atoms with Gasteiger partial charge in [-0.1, -0.05) is 12.1 Å². The Morgan fingerprint density at radius 3 is 2.69 bits per heavy atom. The third-order valence-electron chi connectivity index (χ3n) is 6.48. The zero-order valence-corrected chi connectivity index (χ0v) is 18.6. The van der Waals surface area contributed by atoms with Gasteiger partial charge in [0.1, 0.15) is 5.82 Å². The molecule has 9 nitrogen and oxygen atoms in total. The number of anilines is 3. The molecule has 1 aromatic carbocycles. The molecule has 0 aliphatic carbocycles. The Balaban J connectivity index is 1.38. The van der Waals surface area contributed by atoms with Crippen LogP contribution in [0.15, 0.2) is 30.3 Å². The van der Waals surface area contributed by atoms with Crippen molar-refractivity contribution >= 4 is 34.4 Å². The number of aromatic nitrogens is 4. The number of hydrogen-bond donors (Lipinski definition) is 4. The molecule has 3 aromatic rings. The maximum atomic E-state index is 12.6. The lowest BCUT2D eigenvalue weighted by Gasteiger charge is -2.49. The summed E-state index contributed by atoms with van der Waals surface area (Å²) in [6.45, 7) is 2.37. The highest BCUT2D eigenvalue weighted by Gasteiger charge is 2.40. The second-order valence-corrected chi connectivity index (χ2v) is 8.86. The van der Waals surface area contributed by atoms with E-state index in [1.54, 1.807) is 0 Å². The maximum absolute atomic E-state index is 12.6. The first-order chi connectivity index (χ1) is 15.6. The topological polar surface area (TPSA) is 111 Å². The Kier molecular flexibility index (Phi) is 5.65. The quantitative estimate of drug-likeness (QED) is 0.472. The van der Waals surface area contributed by atoms with Gasteiger partial charge in [0.05, 0.1) is 12.1 Å². The number of nitrogens with zero attached hydrogens (tertiary/aromatic N) is 4. The molecule has 0 spiro atoms. The predicted octanol–water partition coefficient (Wildman–Crippen LogP) is 2.95. The molecular formula is C23H30N8O. The molecular weight excluding hydrogens is 404 g/mol. The van der Waals surface area contributed by atoms with Gasteiger partial charge in [-0.25, -0.2) is 4.98 Å². The molecule has 2 aromatic heterocycles. The molecule has 4 N–H and O–H groups in total. The molecule has 5 rings (SSSR count). The second-order valence-electron chi connectivity index (χ2n) is 8.86. The number of rotatable bonds is 6. The number of nitrogens with one attached hydrogen (secondary N) is 4. The highest BCUT2D eigenvalue weighted by molar-refractivity contribution is 5.91. The van der Waals surface area contributed by atoms with Crippen molar-refractivity contribution in [1.29, 1.82) is 0 Å². The summed E-state index contributed by atoms with van der Waals surface area (Å²) in [6.07, 6.45) is 5.16. The number of hydrogen-bond acceptors (Lipinski definition) is 7. The van der Waals surface area contributed by atoms with Gasteiger partial charge in [0, 0.05) is 35.3 Å². The Morgan fingerprint density at radius 2 is 1.97 bits per heavy atom. The highest BCUT2D eigenvalue weighted by atomic mass is 16.2. The van der Waals surface area contributed by atoms with Crippen LogP contribution in [0.4, 0.5) is 17.6 Å². The van der Waals surface area contributed by atoms with Crippen LogP contribution in [0, 0.1) is 6.92 Å². The lowest BCUT2D eigenvalue weighted by Crippen LogP contribution is -2.58. The summed E-state index contributed by atoms with van der Waals surface area (Å²) in [5.41, 5.74) is 1.86. The minimum Gasteiger partial charge on any atom is -0.351 e. The SMILES string of the molecule is CNCC(=O)N1[C@@H]2CCC[C@H]1C[C@H](Nc1nc(Nc3cc(C)[nH]n3)c3ccccc3n1)C2. The average Bonchev–Trinajstić information content (AvgIpc) is 3.18. The predicted molar refractivity (Wildman–Crippen MR) is 125 cm³/mol. The first-order valence-corrected chi connectivity index (χ1v) is 11.4. The van der Waals surface area contributed by atoms with Crippen molar-refractivity contribution in [3.8, 4) is 0 Å². The van der Waals surface area contributed by atoms with Crippen LogP contribution in [0.2, 0.25) is 0 Å². The maximum Gasteiger partial charge on any atom is 0.237 e. The van der Waals surface area contributed by atoms with E-state index in [1.807, 2.05) is 44.3 Å². The summed E-state index contributed by atoms with van der Waals surface area (Å²) in [5, 5.41) is 18.1. The Hall–Kier alpha value is -3.20. The van der Waals surface area contributed by atoms with Crippen LogP contribution < -0.4 is 16.0 Å². The van der Waals surface area contributed by atoms with Crippen LogP contribution in [0.1, 0.15) is 37.8 Å². The zero-order chi connectivity index (χ0) is 22.1. The largest absolute Gasteiger partial charge is 0.351 e. The van der Waals surface area contributed by atoms with Crippen LogP contribution >= 0.6 is 0 Å². The summed E-state index contributed by atoms with van der Waals surface area (Å²) in [6, 6.07) is 10.7. The van der Waals surface area contributed by atoms with Gasteiger partial charge in [0.15, 0.2) is 5.82 Å². The number of amides is 1. The van der Waals surface area contributed by atoms with Crippen molar-refractivity contribution in [3.05, 3.63) is 36.0 Å². The van der Waals surface area contributed by atoms with Gasteiger partial charge in [-0.05, 0) is 58.2 Å². The van der Waals surface area contributed by atoms with Crippen molar-refractivity contribution < 1.29 is 4.79 Å². The molecule has 32 heavy (non-hydrogen) atoms. The van der Waals surface area contributed by atoms with Gasteiger partial charge in [0.25, 0.3) is 0 Å². The lowest BCUT2D eigenvalue weighted by molar-refractivity contribution is -0.139. The lowest BCUT2D eigenvalue weighted by atomic mass is 9.81. The molecule has 2 aliphatic heterocycles. The van der Waals surface area contributed by atoms with Crippen molar-refractivity contribution in [3.63, 3.8) is 0 Å². The summed E-state index contributed by atoms with van der Waals surface area (Å²) in [4.78, 5) is 24.3. The van der Waals surface area contributed by atoms with E-state index in [0.29, 0.717) is 12.5 Å². The van der Waals surface area contributed by atoms with Gasteiger partial charge < -0.3 is 20.9 Å². The number of carbonyl (C=O) groups excluding carboxylic acids is 1. The molecule has 2 bridgehead atoms. The van der Waals surface area contributed by atoms with Gasteiger partial charge >= 0.3 is 0 Å². The summed E-state index contributed by atoms with van der Waals surface area (Å²) in [5.74, 6) is 2.27. The zero-order valence-electron chi connectivity index (χ0n) is 18.6. The number of H-pyrrole nitrogens is 1. The Morgan fingerprint density at radius 1 is 1.19 bits per heavy atom. The molecule has 168 valence electrons. The van der Waals surface area contributed by atoms with Crippen LogP contribution in [-0.2, 0) is 4.79 Å². The average molecular weight is 435 g/mol. The van der Waals surface area contributed by atoms with E-state index in [0.717, 1.165) is 53.9 Å². The smallest absolute Gasteiger partial charge is 0.237 e. The van der Waals surface area contributed by atoms with Crippen LogP contribution in [0.3, 0.4) is 0 Å². The fourth-order valence-corrected chi connectivity index (χ4v) is 5.17. The summed E-state index contributed by atoms with van der Waals surface area (Å²) >= 11 is 0. The van der Waals surface area contributed by atoms with Crippen LogP contribution in [0.5, 0.6) is 0 Å². The molecule has 1 amide bonds. The Labute approximate surface area is 187 Å². The van der Waals surface area contributed by atoms with Crippen molar-refractivity contribution in [2.45, 2.75) is 57.2 Å². The van der Waals surface area contributed by atoms with Crippen molar-refractivity contribution in [2.24, 2.45) is 0 Å². The van der Waals surface area contributed by atoms with Gasteiger partial charge in [0.2, 0.25) is 11.9 Å². The molecule has 2 aliphatic rings. The van der Waals surface area contributed by atoms with E-state index in [-0.39, 0.29) is 24.0 Å². The molecule has 0 saturated carbocycles. The molecule has 3 atom stereocenters. The van der Waals surface area contributed by atoms with Gasteiger partial charge in [-0.2, -0.15) is 10.1 Å². The molecule has 2 saturated heterocycles. The van der Waals surface area contributed by atoms with E-state index in [2.05, 4.69) is 31.0 Å². The van der Waals surface area contributed by atoms with Crippen LogP contribution in [0.25, 0.3) is 10.9 Å². The fraction of sp³-hybridized carbons (Fsp3) is 0.478. The molecule has 0 unspecified atom stereocenters. The van der Waals surface area contributed by atoms with E-state index >= 15 is 0 Å². The second kappa shape index (κ2) is 8.74. The van der Waals surface area contributed by atoms with E-state index < -0.39 is 0 Å². The van der Waals surface area contributed by atoms with Gasteiger partial charge in [-0.15, -0.1) is 0 Å². The number of likely N-dealkylation sites (N-methyl/N-ethyl adjacent to an activating group) is 1. The van der Waals surface area contributed by atoms with E-state index in [1.165, 1.54) is 6.42 Å². The summed E-state index contributed by atoms with van der Waals surface area (Å²) in [7, 11) is 1.83. The number of carbonyl (C=O) groups is 1. The number of para-hydroxylation sites is 1. The number of piperidine rings is 2. The van der Waals surface area contributed by atoms with E-state index in [9.17, 15) is 4.79 Å². The monoisotopic (exact) mass is 434 g/mol. The summed E-state index contributed by atoms with van der Waals surface area (Å²) < 4.78 is 0. The number of fused-ring (bicyclic) bond motifs is 3. The fourth-order valence-electron chi connectivity index (χ4n) is 5.17. The number of aryl methyl sites for hydroxylation is 1. The molecule has 0 radical (unpaired) electrons. The van der Waals surface area contributed by atoms with E-state index in [4.69, 9.17) is 9.97 Å². The molecule has 4 heterocycles. The molecule has 9 heteroatoms. The third-order valence-corrected chi connectivity index (χ3v) is 6.48.